The first kappa shape index (κ1) is 12.8. The molecule has 0 aliphatic carbocycles. The highest BCUT2D eigenvalue weighted by Crippen LogP contribution is 2.11. The number of anilines is 1. The number of imidazole rings is 1. The molecule has 0 fully saturated rings. The van der Waals surface area contributed by atoms with E-state index in [0.29, 0.717) is 5.95 Å². The van der Waals surface area contributed by atoms with Crippen LogP contribution in [0.1, 0.15) is 5.56 Å². The van der Waals surface area contributed by atoms with Crippen molar-refractivity contribution in [3.05, 3.63) is 64.2 Å². The van der Waals surface area contributed by atoms with E-state index in [-0.39, 0.29) is 5.69 Å². The van der Waals surface area contributed by atoms with Crippen molar-refractivity contribution in [2.45, 2.75) is 0 Å². The van der Waals surface area contributed by atoms with Crippen LogP contribution in [0.3, 0.4) is 0 Å². The average Bonchev–Trinajstić information content (AvgIpc) is 2.81. The standard InChI is InChI=1S/C14H11N5O2/c15-14-17-12-3-1-2-4-13(12)18(14)16-9-10-5-7-11(8-6-10)19(20)21/h1-9H,(H2,15,17)/p+1. The fraction of sp³-hybridized carbons (Fsp3) is 0. The van der Waals surface area contributed by atoms with Crippen molar-refractivity contribution in [1.82, 2.24) is 4.98 Å². The van der Waals surface area contributed by atoms with Crippen molar-refractivity contribution in [2.24, 2.45) is 5.10 Å². The van der Waals surface area contributed by atoms with Crippen molar-refractivity contribution in [2.75, 3.05) is 5.73 Å². The maximum atomic E-state index is 10.6. The lowest BCUT2D eigenvalue weighted by molar-refractivity contribution is -0.636. The zero-order chi connectivity index (χ0) is 14.8. The summed E-state index contributed by atoms with van der Waals surface area (Å²) < 4.78 is 1.58. The summed E-state index contributed by atoms with van der Waals surface area (Å²) in [5, 5.41) is 14.9. The second-order valence-corrected chi connectivity index (χ2v) is 4.43. The van der Waals surface area contributed by atoms with Crippen molar-refractivity contribution >= 4 is 28.9 Å². The molecule has 0 aliphatic rings. The number of rotatable bonds is 3. The number of fused-ring (bicyclic) bond motifs is 1. The maximum absolute atomic E-state index is 10.6. The predicted molar refractivity (Wildman–Crippen MR) is 79.0 cm³/mol. The van der Waals surface area contributed by atoms with Gasteiger partial charge in [-0.25, -0.2) is 4.98 Å². The topological polar surface area (TPSA) is 101 Å². The number of nitro benzene ring substituents is 1. The lowest BCUT2D eigenvalue weighted by Gasteiger charge is -1.94. The Morgan fingerprint density at radius 1 is 1.19 bits per heavy atom. The number of non-ortho nitro benzene ring substituents is 1. The number of para-hydroxylation sites is 2. The van der Waals surface area contributed by atoms with Gasteiger partial charge in [-0.3, -0.25) is 15.8 Å². The van der Waals surface area contributed by atoms with E-state index in [4.69, 9.17) is 5.73 Å². The molecule has 7 nitrogen and oxygen atoms in total. The van der Waals surface area contributed by atoms with Gasteiger partial charge in [0.25, 0.3) is 5.69 Å². The molecule has 1 heterocycles. The number of nitrogen functional groups attached to an aromatic ring is 1. The van der Waals surface area contributed by atoms with Gasteiger partial charge in [0.15, 0.2) is 5.52 Å². The Labute approximate surface area is 119 Å². The largest absolute Gasteiger partial charge is 0.377 e. The molecule has 0 amide bonds. The van der Waals surface area contributed by atoms with Gasteiger partial charge < -0.3 is 0 Å². The number of hydrogen-bond donors (Lipinski definition) is 2. The maximum Gasteiger partial charge on any atom is 0.377 e. The fourth-order valence-electron chi connectivity index (χ4n) is 2.02. The number of nitrogens with two attached hydrogens (primary N) is 1. The van der Waals surface area contributed by atoms with Crippen LogP contribution in [0.25, 0.3) is 11.0 Å². The Balaban J connectivity index is 1.94. The molecule has 0 atom stereocenters. The molecule has 0 saturated carbocycles. The van der Waals surface area contributed by atoms with Gasteiger partial charge in [0.1, 0.15) is 5.52 Å². The number of nitrogens with zero attached hydrogens (tertiary/aromatic N) is 3. The van der Waals surface area contributed by atoms with E-state index < -0.39 is 4.92 Å². The van der Waals surface area contributed by atoms with Gasteiger partial charge in [-0.2, -0.15) is 0 Å². The molecule has 0 unspecified atom stereocenters. The van der Waals surface area contributed by atoms with Gasteiger partial charge in [0.05, 0.1) is 11.1 Å². The van der Waals surface area contributed by atoms with E-state index in [2.05, 4.69) is 10.1 Å². The summed E-state index contributed by atoms with van der Waals surface area (Å²) in [6, 6.07) is 13.7. The number of aromatic amines is 1. The molecule has 0 bridgehead atoms. The van der Waals surface area contributed by atoms with Gasteiger partial charge in [-0.05, 0) is 29.8 Å². The second-order valence-electron chi connectivity index (χ2n) is 4.43. The molecule has 104 valence electrons. The number of nitrogens with one attached hydrogen (secondary N) is 1. The van der Waals surface area contributed by atoms with Gasteiger partial charge in [0.2, 0.25) is 0 Å². The number of benzene rings is 2. The highest BCUT2D eigenvalue weighted by atomic mass is 16.6. The van der Waals surface area contributed by atoms with Gasteiger partial charge in [0, 0.05) is 12.1 Å². The minimum Gasteiger partial charge on any atom is -0.288 e. The first-order valence-electron chi connectivity index (χ1n) is 6.22. The average molecular weight is 282 g/mol. The molecule has 7 heteroatoms. The number of hydrogen-bond acceptors (Lipinski definition) is 4. The summed E-state index contributed by atoms with van der Waals surface area (Å²) in [6.07, 6.45) is 1.60. The normalized spacial score (nSPS) is 11.2. The summed E-state index contributed by atoms with van der Waals surface area (Å²) in [5.74, 6) is 0.411. The summed E-state index contributed by atoms with van der Waals surface area (Å²) in [7, 11) is 0. The smallest absolute Gasteiger partial charge is 0.288 e. The third-order valence-electron chi connectivity index (χ3n) is 3.05. The molecule has 21 heavy (non-hydrogen) atoms. The number of H-pyrrole nitrogens is 1. The summed E-state index contributed by atoms with van der Waals surface area (Å²) in [4.78, 5) is 13.2. The third kappa shape index (κ3) is 2.44. The van der Waals surface area contributed by atoms with Crippen LogP contribution in [0.15, 0.2) is 53.6 Å². The molecule has 3 aromatic rings. The first-order chi connectivity index (χ1) is 10.1. The molecule has 1 aromatic heterocycles. The highest BCUT2D eigenvalue weighted by Gasteiger charge is 2.12. The van der Waals surface area contributed by atoms with Gasteiger partial charge >= 0.3 is 5.95 Å². The minimum atomic E-state index is -0.437. The van der Waals surface area contributed by atoms with Crippen LogP contribution in [-0.4, -0.2) is 16.1 Å². The molecule has 0 radical (unpaired) electrons. The quantitative estimate of drug-likeness (QED) is 0.331. The Hall–Kier alpha value is -3.22. The van der Waals surface area contributed by atoms with Crippen LogP contribution >= 0.6 is 0 Å². The molecule has 3 rings (SSSR count). The zero-order valence-corrected chi connectivity index (χ0v) is 10.9. The molecule has 0 spiro atoms. The van der Waals surface area contributed by atoms with Crippen molar-refractivity contribution in [1.29, 1.82) is 0 Å². The molecular weight excluding hydrogens is 270 g/mol. The van der Waals surface area contributed by atoms with Crippen LogP contribution in [0.4, 0.5) is 11.6 Å². The van der Waals surface area contributed by atoms with Crippen LogP contribution in [0.2, 0.25) is 0 Å². The van der Waals surface area contributed by atoms with Crippen LogP contribution in [0.5, 0.6) is 0 Å². The molecule has 3 N–H and O–H groups in total. The van der Waals surface area contributed by atoms with E-state index in [1.54, 1.807) is 23.0 Å². The second kappa shape index (κ2) is 5.04. The molecule has 2 aromatic carbocycles. The Morgan fingerprint density at radius 3 is 2.62 bits per heavy atom. The fourth-order valence-corrected chi connectivity index (χ4v) is 2.02. The van der Waals surface area contributed by atoms with Gasteiger partial charge in [-0.1, -0.05) is 12.1 Å². The van der Waals surface area contributed by atoms with E-state index >= 15 is 0 Å². The van der Waals surface area contributed by atoms with E-state index in [9.17, 15) is 10.1 Å². The van der Waals surface area contributed by atoms with E-state index in [1.165, 1.54) is 12.1 Å². The van der Waals surface area contributed by atoms with Crippen LogP contribution < -0.4 is 10.4 Å². The lowest BCUT2D eigenvalue weighted by Crippen LogP contribution is -2.30. The number of aromatic nitrogens is 2. The minimum absolute atomic E-state index is 0.0476. The van der Waals surface area contributed by atoms with Crippen molar-refractivity contribution in [3.63, 3.8) is 0 Å². The van der Waals surface area contributed by atoms with E-state index in [0.717, 1.165) is 16.6 Å². The monoisotopic (exact) mass is 282 g/mol. The highest BCUT2D eigenvalue weighted by molar-refractivity contribution is 5.80. The van der Waals surface area contributed by atoms with Crippen molar-refractivity contribution < 1.29 is 9.60 Å². The third-order valence-corrected chi connectivity index (χ3v) is 3.05. The van der Waals surface area contributed by atoms with Gasteiger partial charge in [-0.15, -0.1) is 9.78 Å². The van der Waals surface area contributed by atoms with Crippen LogP contribution in [-0.2, 0) is 0 Å². The zero-order valence-electron chi connectivity index (χ0n) is 10.9. The predicted octanol–water partition coefficient (Wildman–Crippen LogP) is 1.83. The Morgan fingerprint density at radius 2 is 1.90 bits per heavy atom. The lowest BCUT2D eigenvalue weighted by atomic mass is 10.2. The Bertz CT molecular complexity index is 836. The number of nitro groups is 1. The molecular formula is C14H12N5O2+. The van der Waals surface area contributed by atoms with Crippen LogP contribution in [0, 0.1) is 10.1 Å². The van der Waals surface area contributed by atoms with Crippen molar-refractivity contribution in [3.8, 4) is 0 Å². The summed E-state index contributed by atoms with van der Waals surface area (Å²) >= 11 is 0. The first-order valence-corrected chi connectivity index (χ1v) is 6.22. The van der Waals surface area contributed by atoms with E-state index in [1.807, 2.05) is 24.3 Å². The summed E-state index contributed by atoms with van der Waals surface area (Å²) in [6.45, 7) is 0. The Kier molecular flexibility index (Phi) is 3.07. The SMILES string of the molecule is Nc1[nH]c2ccccc2[n+]1N=Cc1ccc([N+](=O)[O-])cc1. The molecule has 0 saturated heterocycles. The summed E-state index contributed by atoms with van der Waals surface area (Å²) in [5.41, 5.74) is 8.42. The molecule has 0 aliphatic heterocycles.